The first-order valence-corrected chi connectivity index (χ1v) is 11.8. The van der Waals surface area contributed by atoms with E-state index < -0.39 is 0 Å². The molecule has 0 spiro atoms. The molecule has 0 saturated carbocycles. The Morgan fingerprint density at radius 3 is 2.48 bits per heavy atom. The van der Waals surface area contributed by atoms with Gasteiger partial charge in [0.15, 0.2) is 0 Å². The Balaban J connectivity index is 1.51. The summed E-state index contributed by atoms with van der Waals surface area (Å²) in [7, 11) is 0. The normalized spacial score (nSPS) is 15.1. The van der Waals surface area contributed by atoms with Crippen LogP contribution >= 0.6 is 23.4 Å². The monoisotopic (exact) mass is 480 g/mol. The number of aromatic nitrogens is 1. The number of halogens is 1. The molecule has 5 nitrogen and oxygen atoms in total. The number of aryl methyl sites for hydroxylation is 3. The Labute approximate surface area is 203 Å². The highest BCUT2D eigenvalue weighted by molar-refractivity contribution is 8.18. The lowest BCUT2D eigenvalue weighted by Crippen LogP contribution is -2.32. The van der Waals surface area contributed by atoms with Crippen molar-refractivity contribution >= 4 is 40.6 Å². The van der Waals surface area contributed by atoms with Gasteiger partial charge in [-0.3, -0.25) is 14.5 Å². The number of ether oxygens (including phenoxy) is 1. The molecule has 1 aliphatic rings. The van der Waals surface area contributed by atoms with Gasteiger partial charge >= 0.3 is 0 Å². The number of nitrogens with zero attached hydrogens (tertiary/aromatic N) is 2. The van der Waals surface area contributed by atoms with Crippen molar-refractivity contribution in [1.82, 2.24) is 9.47 Å². The Morgan fingerprint density at radius 2 is 1.76 bits per heavy atom. The van der Waals surface area contributed by atoms with Crippen molar-refractivity contribution in [3.63, 3.8) is 0 Å². The van der Waals surface area contributed by atoms with E-state index in [1.165, 1.54) is 16.0 Å². The molecule has 0 N–H and O–H groups in total. The minimum absolute atomic E-state index is 0.162. The van der Waals surface area contributed by atoms with Gasteiger partial charge in [-0.25, -0.2) is 0 Å². The molecule has 7 heteroatoms. The van der Waals surface area contributed by atoms with Crippen LogP contribution in [0.4, 0.5) is 4.79 Å². The molecule has 0 radical (unpaired) electrons. The first-order chi connectivity index (χ1) is 15.8. The third-order valence-corrected chi connectivity index (χ3v) is 7.01. The van der Waals surface area contributed by atoms with Gasteiger partial charge in [-0.05, 0) is 92.6 Å². The molecule has 170 valence electrons. The van der Waals surface area contributed by atoms with Gasteiger partial charge in [0, 0.05) is 17.1 Å². The second-order valence-electron chi connectivity index (χ2n) is 8.04. The van der Waals surface area contributed by atoms with E-state index >= 15 is 0 Å². The molecule has 1 aliphatic heterocycles. The second kappa shape index (κ2) is 9.49. The molecule has 1 fully saturated rings. The molecule has 2 aromatic carbocycles. The fourth-order valence-electron chi connectivity index (χ4n) is 3.84. The van der Waals surface area contributed by atoms with Gasteiger partial charge in [-0.1, -0.05) is 29.8 Å². The quantitative estimate of drug-likeness (QED) is 0.379. The average Bonchev–Trinajstić information content (AvgIpc) is 3.20. The molecule has 0 aliphatic carbocycles. The molecule has 0 unspecified atom stereocenters. The number of amides is 2. The van der Waals surface area contributed by atoms with Crippen LogP contribution in [-0.2, 0) is 4.79 Å². The summed E-state index contributed by atoms with van der Waals surface area (Å²) in [5.74, 6) is 0.226. The summed E-state index contributed by atoms with van der Waals surface area (Å²) < 4.78 is 7.81. The van der Waals surface area contributed by atoms with Crippen molar-refractivity contribution in [3.05, 3.63) is 86.5 Å². The SMILES string of the molecule is Cc1ccc(-n2c(C)cc(/C=C3\SC(=O)N(CCOc4ccccc4Cl)C3=O)c2C)cc1C. The van der Waals surface area contributed by atoms with Crippen LogP contribution in [0.5, 0.6) is 5.75 Å². The molecule has 2 amide bonds. The lowest BCUT2D eigenvalue weighted by molar-refractivity contribution is -0.123. The molecule has 0 atom stereocenters. The van der Waals surface area contributed by atoms with Gasteiger partial charge in [-0.15, -0.1) is 0 Å². The predicted octanol–water partition coefficient (Wildman–Crippen LogP) is 6.48. The van der Waals surface area contributed by atoms with E-state index in [-0.39, 0.29) is 24.3 Å². The van der Waals surface area contributed by atoms with E-state index in [0.29, 0.717) is 15.7 Å². The summed E-state index contributed by atoms with van der Waals surface area (Å²) >= 11 is 7.05. The topological polar surface area (TPSA) is 51.5 Å². The van der Waals surface area contributed by atoms with Crippen molar-refractivity contribution in [2.75, 3.05) is 13.2 Å². The van der Waals surface area contributed by atoms with Crippen molar-refractivity contribution in [1.29, 1.82) is 0 Å². The van der Waals surface area contributed by atoms with Crippen molar-refractivity contribution < 1.29 is 14.3 Å². The Kier molecular flexibility index (Phi) is 6.68. The van der Waals surface area contributed by atoms with E-state index in [1.54, 1.807) is 18.2 Å². The van der Waals surface area contributed by atoms with Crippen LogP contribution < -0.4 is 4.74 Å². The number of para-hydroxylation sites is 1. The maximum Gasteiger partial charge on any atom is 0.293 e. The number of imide groups is 1. The van der Waals surface area contributed by atoms with Gasteiger partial charge in [-0.2, -0.15) is 0 Å². The fraction of sp³-hybridized carbons (Fsp3) is 0.231. The molecule has 1 saturated heterocycles. The Bertz CT molecular complexity index is 1280. The van der Waals surface area contributed by atoms with Crippen LogP contribution in [0.2, 0.25) is 5.02 Å². The highest BCUT2D eigenvalue weighted by Crippen LogP contribution is 2.34. The van der Waals surface area contributed by atoms with Gasteiger partial charge in [0.05, 0.1) is 16.5 Å². The van der Waals surface area contributed by atoms with E-state index in [2.05, 4.69) is 36.6 Å². The second-order valence-corrected chi connectivity index (χ2v) is 9.44. The zero-order valence-corrected chi connectivity index (χ0v) is 20.6. The van der Waals surface area contributed by atoms with E-state index in [9.17, 15) is 9.59 Å². The highest BCUT2D eigenvalue weighted by atomic mass is 35.5. The summed E-state index contributed by atoms with van der Waals surface area (Å²) in [5, 5.41) is 0.197. The van der Waals surface area contributed by atoms with Crippen LogP contribution in [-0.4, -0.2) is 33.8 Å². The molecule has 3 aromatic rings. The summed E-state index contributed by atoms with van der Waals surface area (Å²) in [4.78, 5) is 27.0. The number of carbonyl (C=O) groups is 2. The van der Waals surface area contributed by atoms with Gasteiger partial charge in [0.1, 0.15) is 12.4 Å². The molecule has 33 heavy (non-hydrogen) atoms. The lowest BCUT2D eigenvalue weighted by atomic mass is 10.1. The van der Waals surface area contributed by atoms with Crippen LogP contribution in [0.1, 0.15) is 28.1 Å². The number of benzene rings is 2. The van der Waals surface area contributed by atoms with Crippen LogP contribution in [0.3, 0.4) is 0 Å². The minimum Gasteiger partial charge on any atom is -0.490 e. The molecule has 4 rings (SSSR count). The van der Waals surface area contributed by atoms with Gasteiger partial charge in [0.2, 0.25) is 0 Å². The van der Waals surface area contributed by atoms with Gasteiger partial charge < -0.3 is 9.30 Å². The number of hydrogen-bond acceptors (Lipinski definition) is 4. The smallest absolute Gasteiger partial charge is 0.293 e. The third-order valence-electron chi connectivity index (χ3n) is 5.79. The van der Waals surface area contributed by atoms with Crippen molar-refractivity contribution in [2.24, 2.45) is 0 Å². The summed E-state index contributed by atoms with van der Waals surface area (Å²) in [5.41, 5.74) is 6.55. The highest BCUT2D eigenvalue weighted by Gasteiger charge is 2.35. The van der Waals surface area contributed by atoms with Crippen LogP contribution in [0.15, 0.2) is 53.4 Å². The standard InChI is InChI=1S/C26H25ClN2O3S/c1-16-9-10-21(13-17(16)2)29-18(3)14-20(19(29)4)15-24-25(30)28(26(31)33-24)11-12-32-23-8-6-5-7-22(23)27/h5-10,13-15H,11-12H2,1-4H3/b24-15-. The Morgan fingerprint density at radius 1 is 1.00 bits per heavy atom. The van der Waals surface area contributed by atoms with Gasteiger partial charge in [0.25, 0.3) is 11.1 Å². The number of hydrogen-bond donors (Lipinski definition) is 0. The molecular formula is C26H25ClN2O3S. The van der Waals surface area contributed by atoms with Crippen LogP contribution in [0, 0.1) is 27.7 Å². The number of rotatable bonds is 6. The first-order valence-electron chi connectivity index (χ1n) is 10.7. The molecule has 0 bridgehead atoms. The van der Waals surface area contributed by atoms with E-state index in [4.69, 9.17) is 16.3 Å². The number of carbonyl (C=O) groups excluding carboxylic acids is 2. The van der Waals surface area contributed by atoms with E-state index in [0.717, 1.165) is 34.4 Å². The predicted molar refractivity (Wildman–Crippen MR) is 134 cm³/mol. The summed E-state index contributed by atoms with van der Waals surface area (Å²) in [6.07, 6.45) is 1.81. The summed E-state index contributed by atoms with van der Waals surface area (Å²) in [6, 6.07) is 15.5. The zero-order chi connectivity index (χ0) is 23.7. The van der Waals surface area contributed by atoms with Crippen molar-refractivity contribution in [3.8, 4) is 11.4 Å². The maximum atomic E-state index is 12.9. The lowest BCUT2D eigenvalue weighted by Gasteiger charge is -2.13. The Hall–Kier alpha value is -2.96. The summed E-state index contributed by atoms with van der Waals surface area (Å²) in [6.45, 7) is 8.59. The van der Waals surface area contributed by atoms with Crippen molar-refractivity contribution in [2.45, 2.75) is 27.7 Å². The maximum absolute atomic E-state index is 12.9. The molecular weight excluding hydrogens is 456 g/mol. The minimum atomic E-state index is -0.302. The van der Waals surface area contributed by atoms with Crippen LogP contribution in [0.25, 0.3) is 11.8 Å². The third kappa shape index (κ3) is 4.72. The van der Waals surface area contributed by atoms with E-state index in [1.807, 2.05) is 32.0 Å². The molecule has 2 heterocycles. The fourth-order valence-corrected chi connectivity index (χ4v) is 4.88. The largest absolute Gasteiger partial charge is 0.490 e. The molecule has 1 aromatic heterocycles. The zero-order valence-electron chi connectivity index (χ0n) is 19.0. The number of thioether (sulfide) groups is 1. The first kappa shape index (κ1) is 23.2. The average molecular weight is 481 g/mol.